The molecule has 4 unspecified atom stereocenters. The normalized spacial score (nSPS) is 28.1. The third-order valence-corrected chi connectivity index (χ3v) is 13.7. The lowest BCUT2D eigenvalue weighted by Crippen LogP contribution is -2.68. The average molecular weight is 820 g/mol. The zero-order valence-corrected chi connectivity index (χ0v) is 33.1. The van der Waals surface area contributed by atoms with Crippen molar-refractivity contribution in [1.29, 1.82) is 0 Å². The maximum Gasteiger partial charge on any atom is 0.411 e. The molecule has 3 aromatic carbocycles. The summed E-state index contributed by atoms with van der Waals surface area (Å²) in [7, 11) is 0. The Morgan fingerprint density at radius 3 is 1.50 bits per heavy atom. The molecule has 8 N–H and O–H groups in total. The fourth-order valence-electron chi connectivity index (χ4n) is 11.6. The molecular formula is C44H46FN7O8. The van der Waals surface area contributed by atoms with E-state index in [1.165, 1.54) is 12.1 Å². The number of halogens is 1. The maximum atomic E-state index is 14.9. The number of aromatic nitrogens is 1. The van der Waals surface area contributed by atoms with E-state index in [0.29, 0.717) is 78.0 Å². The Balaban J connectivity index is 1.37. The number of carboxylic acid groups (broad SMARTS) is 2. The van der Waals surface area contributed by atoms with Gasteiger partial charge in [-0.3, -0.25) is 39.6 Å². The fourth-order valence-corrected chi connectivity index (χ4v) is 11.6. The minimum atomic E-state index is -1.77. The number of nitrogens with one attached hydrogen (secondary N) is 2. The van der Waals surface area contributed by atoms with Crippen LogP contribution in [0.4, 0.5) is 14.0 Å². The fraction of sp³-hybridized carbons (Fsp3) is 0.364. The minimum absolute atomic E-state index is 0.283. The van der Waals surface area contributed by atoms with Gasteiger partial charge in [-0.1, -0.05) is 62.4 Å². The van der Waals surface area contributed by atoms with Gasteiger partial charge in [-0.2, -0.15) is 0 Å². The molecule has 60 heavy (non-hydrogen) atoms. The second-order valence-electron chi connectivity index (χ2n) is 16.8. The first-order chi connectivity index (χ1) is 28.5. The molecule has 6 aliphatic rings. The number of benzene rings is 3. The Labute approximate surface area is 344 Å². The van der Waals surface area contributed by atoms with Crippen LogP contribution in [0.2, 0.25) is 0 Å². The summed E-state index contributed by atoms with van der Waals surface area (Å²) in [5, 5.41) is 24.3. The largest absolute Gasteiger partial charge is 0.465 e. The van der Waals surface area contributed by atoms with Gasteiger partial charge in [0.1, 0.15) is 16.9 Å². The van der Waals surface area contributed by atoms with Gasteiger partial charge in [0.15, 0.2) is 0 Å². The Morgan fingerprint density at radius 2 is 1.07 bits per heavy atom. The lowest BCUT2D eigenvalue weighted by Gasteiger charge is -2.57. The second-order valence-corrected chi connectivity index (χ2v) is 16.8. The van der Waals surface area contributed by atoms with Crippen molar-refractivity contribution in [3.63, 3.8) is 0 Å². The zero-order chi connectivity index (χ0) is 42.9. The molecule has 4 aromatic rings. The molecule has 0 radical (unpaired) electrons. The number of hydrogen-bond acceptors (Lipinski definition) is 8. The highest BCUT2D eigenvalue weighted by molar-refractivity contribution is 6.01. The van der Waals surface area contributed by atoms with E-state index in [0.717, 1.165) is 0 Å². The number of carbonyl (C=O) groups is 6. The number of hydrogen-bond donors (Lipinski definition) is 6. The van der Waals surface area contributed by atoms with E-state index in [-0.39, 0.29) is 12.8 Å². The number of imide groups is 2. The van der Waals surface area contributed by atoms with Crippen molar-refractivity contribution in [3.05, 3.63) is 124 Å². The number of amides is 6. The Morgan fingerprint density at radius 1 is 0.650 bits per heavy atom. The number of carbonyl (C=O) groups excluding carboxylic acids is 4. The van der Waals surface area contributed by atoms with E-state index < -0.39 is 75.6 Å². The Hall–Kier alpha value is -6.39. The van der Waals surface area contributed by atoms with Crippen LogP contribution in [0.25, 0.3) is 5.69 Å². The number of rotatable bonds is 11. The number of fused-ring (bicyclic) bond motifs is 6. The lowest BCUT2D eigenvalue weighted by molar-refractivity contribution is -0.145. The SMILES string of the molecule is CC1(CC(N)=O)c2ccc(cc2)[C@]1(C(=O)NC(=O)O)N1CCCC1c1ccn(-c2ccc(F)cc2)c1C1CCCN1[C@@]1(C(=O)NC(=O)O)c2ccc(cc2)C1(C)CC(N)=O. The first kappa shape index (κ1) is 40.4. The molecule has 312 valence electrons. The highest BCUT2D eigenvalue weighted by atomic mass is 19.1. The number of nitrogens with two attached hydrogens (primary N) is 2. The summed E-state index contributed by atoms with van der Waals surface area (Å²) in [5.41, 5.74) is 9.79. The highest BCUT2D eigenvalue weighted by Gasteiger charge is 2.66. The Kier molecular flexibility index (Phi) is 9.70. The molecule has 2 fully saturated rings. The second kappa shape index (κ2) is 14.4. The summed E-state index contributed by atoms with van der Waals surface area (Å²) in [6.07, 6.45) is 0.176. The highest BCUT2D eigenvalue weighted by Crippen LogP contribution is 2.60. The molecule has 16 heteroatoms. The van der Waals surface area contributed by atoms with E-state index >= 15 is 0 Å². The van der Waals surface area contributed by atoms with Crippen LogP contribution < -0.4 is 22.1 Å². The molecule has 2 aliphatic heterocycles. The standard InChI is InChI=1S/C44H46FN7O8/c1-41(23-34(46)53)25-7-11-27(12-8-25)43(41,37(55)48-39(57)58)51-20-3-5-32(51)31-19-22-50(30-17-15-29(45)16-18-30)36(31)33-6-4-21-52(33)44(38(56)49-40(59)60)28-13-9-26(10-14-28)42(44,2)24-35(47)54/h7-19,22,32-33H,3-6,20-21,23-24H2,1-2H3,(H2,46,53)(H2,47,54)(H,48,55)(H,49,56)(H,57,58)(H,59,60)/t32?,33?,41?,42?,43-,44-/m1/s1. The predicted molar refractivity (Wildman–Crippen MR) is 214 cm³/mol. The maximum absolute atomic E-state index is 14.9. The third-order valence-electron chi connectivity index (χ3n) is 13.7. The van der Waals surface area contributed by atoms with Crippen molar-refractivity contribution in [1.82, 2.24) is 25.0 Å². The van der Waals surface area contributed by atoms with Gasteiger partial charge < -0.3 is 26.2 Å². The van der Waals surface area contributed by atoms with E-state index in [1.807, 2.05) is 38.8 Å². The molecule has 6 atom stereocenters. The van der Waals surface area contributed by atoms with Crippen molar-refractivity contribution >= 4 is 35.8 Å². The van der Waals surface area contributed by atoms with Gasteiger partial charge in [-0.25, -0.2) is 14.0 Å². The summed E-state index contributed by atoms with van der Waals surface area (Å²) in [6.45, 7) is 4.10. The summed E-state index contributed by atoms with van der Waals surface area (Å²) in [4.78, 5) is 84.0. The first-order valence-corrected chi connectivity index (χ1v) is 19.9. The van der Waals surface area contributed by atoms with E-state index in [2.05, 4.69) is 10.6 Å². The zero-order valence-electron chi connectivity index (χ0n) is 33.1. The minimum Gasteiger partial charge on any atom is -0.465 e. The van der Waals surface area contributed by atoms with Crippen LogP contribution in [-0.2, 0) is 41.1 Å². The molecule has 0 saturated carbocycles. The number of primary amides is 2. The van der Waals surface area contributed by atoms with Crippen molar-refractivity contribution in [3.8, 4) is 5.69 Å². The smallest absolute Gasteiger partial charge is 0.411 e. The average Bonchev–Trinajstić information content (AvgIpc) is 3.95. The summed E-state index contributed by atoms with van der Waals surface area (Å²) >= 11 is 0. The number of likely N-dealkylation sites (tertiary alicyclic amines) is 2. The van der Waals surface area contributed by atoms with E-state index in [4.69, 9.17) is 11.5 Å². The molecule has 15 nitrogen and oxygen atoms in total. The van der Waals surface area contributed by atoms with Crippen LogP contribution in [0, 0.1) is 5.82 Å². The molecule has 4 aliphatic carbocycles. The van der Waals surface area contributed by atoms with Crippen LogP contribution in [0.3, 0.4) is 0 Å². The topological polar surface area (TPSA) is 230 Å². The first-order valence-electron chi connectivity index (χ1n) is 19.9. The quantitative estimate of drug-likeness (QED) is 0.124. The molecular weight excluding hydrogens is 774 g/mol. The van der Waals surface area contributed by atoms with Gasteiger partial charge in [0.05, 0.1) is 6.04 Å². The van der Waals surface area contributed by atoms with Crippen LogP contribution >= 0.6 is 0 Å². The van der Waals surface area contributed by atoms with E-state index in [1.54, 1.807) is 62.4 Å². The van der Waals surface area contributed by atoms with Crippen LogP contribution in [0.1, 0.15) is 98.0 Å². The van der Waals surface area contributed by atoms with Crippen LogP contribution in [0.15, 0.2) is 85.1 Å². The van der Waals surface area contributed by atoms with Crippen molar-refractivity contribution in [2.24, 2.45) is 11.5 Å². The van der Waals surface area contributed by atoms with Gasteiger partial charge in [0, 0.05) is 60.4 Å². The van der Waals surface area contributed by atoms with Crippen LogP contribution in [-0.4, -0.2) is 73.5 Å². The monoisotopic (exact) mass is 819 g/mol. The van der Waals surface area contributed by atoms with Gasteiger partial charge in [0.2, 0.25) is 11.8 Å². The molecule has 1 aromatic heterocycles. The van der Waals surface area contributed by atoms with Crippen molar-refractivity contribution < 1.29 is 43.4 Å². The van der Waals surface area contributed by atoms with Crippen molar-refractivity contribution in [2.75, 3.05) is 13.1 Å². The molecule has 4 bridgehead atoms. The van der Waals surface area contributed by atoms with Crippen molar-refractivity contribution in [2.45, 2.75) is 86.4 Å². The number of nitrogens with zero attached hydrogens (tertiary/aromatic N) is 3. The summed E-state index contributed by atoms with van der Waals surface area (Å²) in [5.74, 6) is -3.53. The predicted octanol–water partition coefficient (Wildman–Crippen LogP) is 4.56. The molecule has 2 saturated heterocycles. The van der Waals surface area contributed by atoms with Crippen LogP contribution in [0.5, 0.6) is 0 Å². The molecule has 10 rings (SSSR count). The summed E-state index contributed by atoms with van der Waals surface area (Å²) in [6, 6.07) is 20.8. The molecule has 3 heterocycles. The van der Waals surface area contributed by atoms with Gasteiger partial charge in [-0.15, -0.1) is 0 Å². The summed E-state index contributed by atoms with van der Waals surface area (Å²) < 4.78 is 16.4. The molecule has 0 spiro atoms. The van der Waals surface area contributed by atoms with Gasteiger partial charge >= 0.3 is 12.2 Å². The lowest BCUT2D eigenvalue weighted by atomic mass is 9.56. The third kappa shape index (κ3) is 5.68. The van der Waals surface area contributed by atoms with Gasteiger partial charge in [-0.05, 0) is 83.8 Å². The molecule has 6 amide bonds. The van der Waals surface area contributed by atoms with Gasteiger partial charge in [0.25, 0.3) is 11.8 Å². The van der Waals surface area contributed by atoms with E-state index in [9.17, 15) is 43.4 Å². The Bertz CT molecular complexity index is 2440.